The summed E-state index contributed by atoms with van der Waals surface area (Å²) in [6, 6.07) is 5.85. The Kier molecular flexibility index (Phi) is 4.90. The molecule has 19 heavy (non-hydrogen) atoms. The summed E-state index contributed by atoms with van der Waals surface area (Å²) in [5, 5.41) is 4.40. The van der Waals surface area contributed by atoms with Gasteiger partial charge in [0.25, 0.3) is 0 Å². The van der Waals surface area contributed by atoms with Crippen LogP contribution in [0.5, 0.6) is 0 Å². The van der Waals surface area contributed by atoms with Gasteiger partial charge in [0, 0.05) is 26.8 Å². The SMILES string of the molecule is CCc1cnc(CNc2cccc(Br)c2C(N)=S)s1. The molecule has 2 aromatic rings. The van der Waals surface area contributed by atoms with Crippen LogP contribution in [0.4, 0.5) is 5.69 Å². The highest BCUT2D eigenvalue weighted by molar-refractivity contribution is 9.10. The molecule has 0 unspecified atom stereocenters. The molecule has 1 aromatic heterocycles. The van der Waals surface area contributed by atoms with Crippen LogP contribution >= 0.6 is 39.5 Å². The van der Waals surface area contributed by atoms with Crippen molar-refractivity contribution < 1.29 is 0 Å². The summed E-state index contributed by atoms with van der Waals surface area (Å²) >= 11 is 10.3. The average Bonchev–Trinajstić information content (AvgIpc) is 2.83. The molecular formula is C13H14BrN3S2. The molecule has 1 aromatic carbocycles. The molecule has 0 aliphatic rings. The van der Waals surface area contributed by atoms with E-state index < -0.39 is 0 Å². The summed E-state index contributed by atoms with van der Waals surface area (Å²) in [5.74, 6) is 0. The van der Waals surface area contributed by atoms with Crippen molar-refractivity contribution in [1.29, 1.82) is 0 Å². The number of aryl methyl sites for hydroxylation is 1. The fourth-order valence-corrected chi connectivity index (χ4v) is 3.42. The Hall–Kier alpha value is -0.980. The van der Waals surface area contributed by atoms with E-state index in [4.69, 9.17) is 18.0 Å². The summed E-state index contributed by atoms with van der Waals surface area (Å²) in [6.45, 7) is 2.81. The van der Waals surface area contributed by atoms with Crippen molar-refractivity contribution in [3.8, 4) is 0 Å². The van der Waals surface area contributed by atoms with E-state index in [1.54, 1.807) is 11.3 Å². The van der Waals surface area contributed by atoms with Gasteiger partial charge < -0.3 is 11.1 Å². The van der Waals surface area contributed by atoms with E-state index in [1.165, 1.54) is 4.88 Å². The van der Waals surface area contributed by atoms with Gasteiger partial charge in [0.2, 0.25) is 0 Å². The summed E-state index contributed by atoms with van der Waals surface area (Å²) in [5.41, 5.74) is 7.52. The number of hydrogen-bond donors (Lipinski definition) is 2. The van der Waals surface area contributed by atoms with E-state index in [-0.39, 0.29) is 0 Å². The number of halogens is 1. The van der Waals surface area contributed by atoms with Crippen LogP contribution < -0.4 is 11.1 Å². The third-order valence-corrected chi connectivity index (χ3v) is 4.65. The van der Waals surface area contributed by atoms with Crippen LogP contribution in [-0.2, 0) is 13.0 Å². The summed E-state index contributed by atoms with van der Waals surface area (Å²) in [7, 11) is 0. The summed E-state index contributed by atoms with van der Waals surface area (Å²) in [4.78, 5) is 6.05. The van der Waals surface area contributed by atoms with Gasteiger partial charge in [-0.15, -0.1) is 11.3 Å². The first kappa shape index (κ1) is 14.4. The van der Waals surface area contributed by atoms with Crippen molar-refractivity contribution in [2.45, 2.75) is 19.9 Å². The standard InChI is InChI=1S/C13H14BrN3S2/c1-2-8-6-17-11(19-8)7-16-10-5-3-4-9(14)12(10)13(15)18/h3-6,16H,2,7H2,1H3,(H2,15,18). The van der Waals surface area contributed by atoms with Gasteiger partial charge in [-0.25, -0.2) is 4.98 Å². The molecule has 3 nitrogen and oxygen atoms in total. The van der Waals surface area contributed by atoms with E-state index in [9.17, 15) is 0 Å². The van der Waals surface area contributed by atoms with E-state index >= 15 is 0 Å². The second kappa shape index (κ2) is 6.45. The van der Waals surface area contributed by atoms with Crippen molar-refractivity contribution in [2.75, 3.05) is 5.32 Å². The zero-order chi connectivity index (χ0) is 13.8. The molecule has 0 aliphatic carbocycles. The molecule has 1 heterocycles. The highest BCUT2D eigenvalue weighted by atomic mass is 79.9. The third-order valence-electron chi connectivity index (χ3n) is 2.64. The Morgan fingerprint density at radius 2 is 2.32 bits per heavy atom. The number of aromatic nitrogens is 1. The first-order chi connectivity index (χ1) is 9.11. The van der Waals surface area contributed by atoms with E-state index in [0.717, 1.165) is 27.2 Å². The number of hydrogen-bond acceptors (Lipinski definition) is 4. The van der Waals surface area contributed by atoms with E-state index in [2.05, 4.69) is 33.2 Å². The van der Waals surface area contributed by atoms with Crippen LogP contribution in [0.2, 0.25) is 0 Å². The Morgan fingerprint density at radius 1 is 1.53 bits per heavy atom. The zero-order valence-corrected chi connectivity index (χ0v) is 13.7. The average molecular weight is 356 g/mol. The normalized spacial score (nSPS) is 10.4. The molecule has 0 amide bonds. The lowest BCUT2D eigenvalue weighted by Crippen LogP contribution is -2.14. The maximum atomic E-state index is 5.76. The van der Waals surface area contributed by atoms with Gasteiger partial charge in [0.05, 0.1) is 6.54 Å². The number of nitrogens with one attached hydrogen (secondary N) is 1. The topological polar surface area (TPSA) is 50.9 Å². The van der Waals surface area contributed by atoms with Gasteiger partial charge in [-0.3, -0.25) is 0 Å². The first-order valence-corrected chi connectivity index (χ1v) is 7.89. The molecule has 0 aliphatic heterocycles. The van der Waals surface area contributed by atoms with Gasteiger partial charge in [-0.2, -0.15) is 0 Å². The summed E-state index contributed by atoms with van der Waals surface area (Å²) in [6.07, 6.45) is 2.95. The molecular weight excluding hydrogens is 342 g/mol. The minimum Gasteiger partial charge on any atom is -0.389 e. The minimum absolute atomic E-state index is 0.378. The first-order valence-electron chi connectivity index (χ1n) is 5.87. The lowest BCUT2D eigenvalue weighted by atomic mass is 10.2. The van der Waals surface area contributed by atoms with Crippen molar-refractivity contribution in [2.24, 2.45) is 5.73 Å². The molecule has 6 heteroatoms. The van der Waals surface area contributed by atoms with Crippen molar-refractivity contribution in [1.82, 2.24) is 4.98 Å². The van der Waals surface area contributed by atoms with Crippen LogP contribution in [0.3, 0.4) is 0 Å². The number of anilines is 1. The van der Waals surface area contributed by atoms with Crippen LogP contribution in [0.15, 0.2) is 28.9 Å². The predicted molar refractivity (Wildman–Crippen MR) is 88.8 cm³/mol. The van der Waals surface area contributed by atoms with Gasteiger partial charge in [-0.05, 0) is 34.5 Å². The highest BCUT2D eigenvalue weighted by Crippen LogP contribution is 2.25. The quantitative estimate of drug-likeness (QED) is 0.802. The number of benzene rings is 1. The van der Waals surface area contributed by atoms with E-state index in [1.807, 2.05) is 24.4 Å². The number of nitrogens with zero attached hydrogens (tertiary/aromatic N) is 1. The molecule has 0 saturated carbocycles. The van der Waals surface area contributed by atoms with Crippen LogP contribution in [0.1, 0.15) is 22.4 Å². The van der Waals surface area contributed by atoms with Crippen molar-refractivity contribution >= 4 is 50.2 Å². The second-order valence-electron chi connectivity index (χ2n) is 3.95. The van der Waals surface area contributed by atoms with Crippen molar-refractivity contribution in [3.05, 3.63) is 44.3 Å². The summed E-state index contributed by atoms with van der Waals surface area (Å²) < 4.78 is 0.901. The van der Waals surface area contributed by atoms with Gasteiger partial charge >= 0.3 is 0 Å². The van der Waals surface area contributed by atoms with Gasteiger partial charge in [0.1, 0.15) is 10.00 Å². The smallest absolute Gasteiger partial charge is 0.112 e. The maximum Gasteiger partial charge on any atom is 0.112 e. The minimum atomic E-state index is 0.378. The molecule has 0 fully saturated rings. The lowest BCUT2D eigenvalue weighted by molar-refractivity contribution is 1.09. The Labute approximate surface area is 130 Å². The molecule has 0 atom stereocenters. The Bertz CT molecular complexity index is 595. The van der Waals surface area contributed by atoms with Crippen LogP contribution in [-0.4, -0.2) is 9.97 Å². The van der Waals surface area contributed by atoms with Crippen LogP contribution in [0, 0.1) is 0 Å². The largest absolute Gasteiger partial charge is 0.389 e. The van der Waals surface area contributed by atoms with Crippen LogP contribution in [0.25, 0.3) is 0 Å². The number of nitrogens with two attached hydrogens (primary N) is 1. The highest BCUT2D eigenvalue weighted by Gasteiger charge is 2.09. The molecule has 0 radical (unpaired) electrons. The molecule has 2 rings (SSSR count). The molecule has 0 spiro atoms. The Balaban J connectivity index is 2.15. The fraction of sp³-hybridized carbons (Fsp3) is 0.231. The molecule has 0 saturated heterocycles. The number of thiocarbonyl (C=S) groups is 1. The second-order valence-corrected chi connectivity index (χ2v) is 6.45. The molecule has 100 valence electrons. The fourth-order valence-electron chi connectivity index (χ4n) is 1.69. The van der Waals surface area contributed by atoms with E-state index in [0.29, 0.717) is 11.5 Å². The zero-order valence-electron chi connectivity index (χ0n) is 10.4. The lowest BCUT2D eigenvalue weighted by Gasteiger charge is -2.11. The maximum absolute atomic E-state index is 5.76. The molecule has 3 N–H and O–H groups in total. The van der Waals surface area contributed by atoms with Crippen molar-refractivity contribution in [3.63, 3.8) is 0 Å². The number of thiazole rings is 1. The van der Waals surface area contributed by atoms with Gasteiger partial charge in [-0.1, -0.05) is 25.2 Å². The predicted octanol–water partition coefficient (Wildman–Crippen LogP) is 3.71. The molecule has 0 bridgehead atoms. The van der Waals surface area contributed by atoms with Gasteiger partial charge in [0.15, 0.2) is 0 Å². The Morgan fingerprint density at radius 3 is 2.95 bits per heavy atom. The third kappa shape index (κ3) is 3.52. The monoisotopic (exact) mass is 355 g/mol. The number of rotatable bonds is 5.